The maximum absolute atomic E-state index is 12.8. The Bertz CT molecular complexity index is 1310. The minimum atomic E-state index is -0.404. The number of carbonyl (C=O) groups is 3. The Morgan fingerprint density at radius 2 is 1.89 bits per heavy atom. The Hall–Kier alpha value is -4.24. The molecule has 36 heavy (non-hydrogen) atoms. The summed E-state index contributed by atoms with van der Waals surface area (Å²) in [6.07, 6.45) is 3.58. The molecule has 1 fully saturated rings. The van der Waals surface area contributed by atoms with Crippen LogP contribution in [-0.4, -0.2) is 56.3 Å². The van der Waals surface area contributed by atoms with Gasteiger partial charge in [-0.3, -0.25) is 19.3 Å². The zero-order chi connectivity index (χ0) is 24.9. The summed E-state index contributed by atoms with van der Waals surface area (Å²) in [6.45, 7) is 1.03. The number of hydrogen-bond acceptors (Lipinski definition) is 6. The summed E-state index contributed by atoms with van der Waals surface area (Å²) in [5.41, 5.74) is 4.53. The van der Waals surface area contributed by atoms with Crippen LogP contribution in [0.4, 0.5) is 5.69 Å². The van der Waals surface area contributed by atoms with Crippen LogP contribution in [0.3, 0.4) is 0 Å². The second-order valence-electron chi connectivity index (χ2n) is 8.66. The molecule has 0 aliphatic carbocycles. The largest absolute Gasteiger partial charge is 0.484 e. The van der Waals surface area contributed by atoms with Gasteiger partial charge < -0.3 is 14.8 Å². The molecule has 1 atom stereocenters. The highest BCUT2D eigenvalue weighted by Gasteiger charge is 2.30. The molecule has 3 amide bonds. The molecule has 3 aromatic rings. The van der Waals surface area contributed by atoms with Crippen LogP contribution >= 0.6 is 0 Å². The summed E-state index contributed by atoms with van der Waals surface area (Å²) >= 11 is 0. The first-order chi connectivity index (χ1) is 17.6. The van der Waals surface area contributed by atoms with Crippen molar-refractivity contribution in [2.45, 2.75) is 18.9 Å². The van der Waals surface area contributed by atoms with Gasteiger partial charge in [0.1, 0.15) is 12.3 Å². The van der Waals surface area contributed by atoms with Crippen molar-refractivity contribution in [1.29, 1.82) is 0 Å². The highest BCUT2D eigenvalue weighted by molar-refractivity contribution is 6.26. The fourth-order valence-electron chi connectivity index (χ4n) is 4.38. The zero-order valence-electron chi connectivity index (χ0n) is 19.6. The van der Waals surface area contributed by atoms with Crippen LogP contribution in [0, 0.1) is 0 Å². The summed E-state index contributed by atoms with van der Waals surface area (Å²) in [6, 6.07) is 18.2. The molecule has 184 valence electrons. The van der Waals surface area contributed by atoms with E-state index in [2.05, 4.69) is 15.8 Å². The molecule has 0 radical (unpaired) electrons. The number of ether oxygens (including phenoxy) is 2. The first-order valence-corrected chi connectivity index (χ1v) is 11.9. The fourth-order valence-corrected chi connectivity index (χ4v) is 4.38. The molecule has 1 saturated heterocycles. The molecule has 2 heterocycles. The fraction of sp³-hybridized carbons (Fsp3) is 0.259. The first kappa shape index (κ1) is 23.5. The van der Waals surface area contributed by atoms with Crippen LogP contribution in [0.5, 0.6) is 5.75 Å². The predicted octanol–water partition coefficient (Wildman–Crippen LogP) is 2.62. The number of nitrogens with zero attached hydrogens (tertiary/aromatic N) is 2. The van der Waals surface area contributed by atoms with Crippen LogP contribution in [-0.2, 0) is 14.3 Å². The topological polar surface area (TPSA) is 109 Å². The van der Waals surface area contributed by atoms with Gasteiger partial charge in [0.2, 0.25) is 0 Å². The number of hydrogen-bond donors (Lipinski definition) is 2. The number of benzene rings is 3. The maximum atomic E-state index is 12.8. The van der Waals surface area contributed by atoms with E-state index in [4.69, 9.17) is 9.47 Å². The lowest BCUT2D eigenvalue weighted by Crippen LogP contribution is -2.37. The highest BCUT2D eigenvalue weighted by Crippen LogP contribution is 2.36. The molecule has 0 bridgehead atoms. The second-order valence-corrected chi connectivity index (χ2v) is 8.66. The molecule has 0 aromatic heterocycles. The van der Waals surface area contributed by atoms with Crippen molar-refractivity contribution in [1.82, 2.24) is 10.7 Å². The highest BCUT2D eigenvalue weighted by atomic mass is 16.5. The van der Waals surface area contributed by atoms with Crippen molar-refractivity contribution in [3.63, 3.8) is 0 Å². The van der Waals surface area contributed by atoms with Gasteiger partial charge in [0.05, 0.1) is 18.0 Å². The molecule has 2 N–H and O–H groups in total. The van der Waals surface area contributed by atoms with Gasteiger partial charge in [-0.25, -0.2) is 5.43 Å². The maximum Gasteiger partial charge on any atom is 0.260 e. The lowest BCUT2D eigenvalue weighted by Gasteiger charge is -2.16. The molecule has 2 aliphatic rings. The third-order valence-electron chi connectivity index (χ3n) is 6.15. The third kappa shape index (κ3) is 5.21. The molecule has 9 nitrogen and oxygen atoms in total. The van der Waals surface area contributed by atoms with Gasteiger partial charge in [0.25, 0.3) is 17.7 Å². The van der Waals surface area contributed by atoms with E-state index >= 15 is 0 Å². The smallest absolute Gasteiger partial charge is 0.260 e. The van der Waals surface area contributed by atoms with E-state index in [-0.39, 0.29) is 31.1 Å². The SMILES string of the molecule is O=C(COc1ccc(/C=N\NC(=O)CN2C(=O)c3cccc4cccc2c34)cc1)NC[C@@H]1CCCO1. The summed E-state index contributed by atoms with van der Waals surface area (Å²) in [5.74, 6) is -0.255. The molecule has 3 aromatic carbocycles. The lowest BCUT2D eigenvalue weighted by atomic mass is 10.1. The second kappa shape index (κ2) is 10.6. The van der Waals surface area contributed by atoms with E-state index in [0.717, 1.165) is 41.5 Å². The van der Waals surface area contributed by atoms with Crippen LogP contribution in [0.2, 0.25) is 0 Å². The summed E-state index contributed by atoms with van der Waals surface area (Å²) in [4.78, 5) is 38.7. The molecule has 0 unspecified atom stereocenters. The summed E-state index contributed by atoms with van der Waals surface area (Å²) < 4.78 is 11.0. The Kier molecular flexibility index (Phi) is 6.90. The lowest BCUT2D eigenvalue weighted by molar-refractivity contribution is -0.123. The van der Waals surface area contributed by atoms with Crippen molar-refractivity contribution in [2.24, 2.45) is 5.10 Å². The zero-order valence-corrected chi connectivity index (χ0v) is 19.6. The van der Waals surface area contributed by atoms with E-state index in [1.165, 1.54) is 11.1 Å². The molecule has 0 spiro atoms. The van der Waals surface area contributed by atoms with Gasteiger partial charge in [-0.2, -0.15) is 5.10 Å². The van der Waals surface area contributed by atoms with Gasteiger partial charge >= 0.3 is 0 Å². The minimum absolute atomic E-state index is 0.0803. The van der Waals surface area contributed by atoms with Gasteiger partial charge in [-0.15, -0.1) is 0 Å². The van der Waals surface area contributed by atoms with Gasteiger partial charge in [0, 0.05) is 24.1 Å². The number of amides is 3. The molecule has 9 heteroatoms. The predicted molar refractivity (Wildman–Crippen MR) is 135 cm³/mol. The van der Waals surface area contributed by atoms with Crippen molar-refractivity contribution in [3.8, 4) is 5.75 Å². The number of carbonyl (C=O) groups excluding carboxylic acids is 3. The Balaban J connectivity index is 1.08. The quantitative estimate of drug-likeness (QED) is 0.357. The molecule has 0 saturated carbocycles. The van der Waals surface area contributed by atoms with E-state index in [0.29, 0.717) is 17.9 Å². The van der Waals surface area contributed by atoms with Crippen molar-refractivity contribution in [3.05, 3.63) is 71.8 Å². The normalized spacial score (nSPS) is 16.6. The van der Waals surface area contributed by atoms with Crippen LogP contribution < -0.4 is 20.4 Å². The van der Waals surface area contributed by atoms with Crippen molar-refractivity contribution < 1.29 is 23.9 Å². The van der Waals surface area contributed by atoms with Gasteiger partial charge in [0.15, 0.2) is 6.61 Å². The first-order valence-electron chi connectivity index (χ1n) is 11.9. The van der Waals surface area contributed by atoms with Crippen LogP contribution in [0.1, 0.15) is 28.8 Å². The van der Waals surface area contributed by atoms with Gasteiger partial charge in [-0.1, -0.05) is 24.3 Å². The van der Waals surface area contributed by atoms with E-state index < -0.39 is 5.91 Å². The number of hydrazone groups is 1. The average Bonchev–Trinajstić information content (AvgIpc) is 3.51. The van der Waals surface area contributed by atoms with Gasteiger partial charge in [-0.05, 0) is 60.2 Å². The number of nitrogens with one attached hydrogen (secondary N) is 2. The summed E-state index contributed by atoms with van der Waals surface area (Å²) in [5, 5.41) is 8.63. The minimum Gasteiger partial charge on any atom is -0.484 e. The van der Waals surface area contributed by atoms with E-state index in [9.17, 15) is 14.4 Å². The number of anilines is 1. The van der Waals surface area contributed by atoms with Crippen molar-refractivity contribution in [2.75, 3.05) is 31.2 Å². The monoisotopic (exact) mass is 486 g/mol. The van der Waals surface area contributed by atoms with Crippen LogP contribution in [0.15, 0.2) is 65.8 Å². The Morgan fingerprint density at radius 3 is 2.67 bits per heavy atom. The number of rotatable bonds is 9. The van der Waals surface area contributed by atoms with Crippen LogP contribution in [0.25, 0.3) is 10.8 Å². The Morgan fingerprint density at radius 1 is 1.08 bits per heavy atom. The average molecular weight is 487 g/mol. The van der Waals surface area contributed by atoms with E-state index in [1.807, 2.05) is 30.3 Å². The standard InChI is InChI=1S/C27H26N4O5/c32-24(16-31-23-8-2-5-19-4-1-7-22(26(19)23)27(31)34)30-29-14-18-9-11-20(12-10-18)36-17-25(33)28-15-21-6-3-13-35-21/h1-2,4-5,7-12,14,21H,3,6,13,15-17H2,(H,28,33)(H,30,32)/b29-14-/t21-/m0/s1. The summed E-state index contributed by atoms with van der Waals surface area (Å²) in [7, 11) is 0. The Labute approximate surface area is 208 Å². The molecule has 2 aliphatic heterocycles. The third-order valence-corrected chi connectivity index (χ3v) is 6.15. The molecular weight excluding hydrogens is 460 g/mol. The van der Waals surface area contributed by atoms with E-state index in [1.54, 1.807) is 30.3 Å². The molecular formula is C27H26N4O5. The molecule has 5 rings (SSSR count). The van der Waals surface area contributed by atoms with Crippen molar-refractivity contribution >= 4 is 40.4 Å².